The maximum absolute atomic E-state index is 11.8. The number of ether oxygens (including phenoxy) is 1. The maximum atomic E-state index is 11.8. The molecule has 1 fully saturated rings. The van der Waals surface area contributed by atoms with Gasteiger partial charge in [-0.05, 0) is 18.6 Å². The van der Waals surface area contributed by atoms with Crippen molar-refractivity contribution in [1.29, 1.82) is 0 Å². The van der Waals surface area contributed by atoms with E-state index in [4.69, 9.17) is 4.74 Å². The van der Waals surface area contributed by atoms with Gasteiger partial charge < -0.3 is 9.30 Å². The van der Waals surface area contributed by atoms with Crippen LogP contribution in [0.3, 0.4) is 0 Å². The third-order valence-corrected chi connectivity index (χ3v) is 6.47. The lowest BCUT2D eigenvalue weighted by Gasteiger charge is -2.22. The highest BCUT2D eigenvalue weighted by Gasteiger charge is 2.46. The van der Waals surface area contributed by atoms with E-state index in [1.54, 1.807) is 11.4 Å². The average molecular weight is 347 g/mol. The summed E-state index contributed by atoms with van der Waals surface area (Å²) in [6.07, 6.45) is 4.89. The third-order valence-electron chi connectivity index (χ3n) is 5.22. The molecule has 2 aliphatic rings. The molecule has 1 spiro atoms. The Bertz CT molecular complexity index is 890. The molecule has 1 saturated heterocycles. The molecule has 2 aromatic rings. The summed E-state index contributed by atoms with van der Waals surface area (Å²) in [5, 5.41) is 0. The summed E-state index contributed by atoms with van der Waals surface area (Å²) in [4.78, 5) is 4.59. The lowest BCUT2D eigenvalue weighted by molar-refractivity contribution is 0.297. The SMILES string of the molecule is COc1ccccc1-c1cnc2n1C[C@]1(CCN(S(C)(=O)=O)C1)C2. The number of methoxy groups -OCH3 is 1. The van der Waals surface area contributed by atoms with Crippen molar-refractivity contribution in [3.8, 4) is 17.0 Å². The number of hydrogen-bond acceptors (Lipinski definition) is 4. The van der Waals surface area contributed by atoms with Crippen LogP contribution < -0.4 is 4.74 Å². The van der Waals surface area contributed by atoms with Gasteiger partial charge in [0.1, 0.15) is 11.6 Å². The molecule has 0 saturated carbocycles. The molecule has 6 nitrogen and oxygen atoms in total. The Labute approximate surface area is 142 Å². The van der Waals surface area contributed by atoms with Crippen LogP contribution in [0, 0.1) is 5.41 Å². The molecular formula is C17H21N3O3S. The van der Waals surface area contributed by atoms with Crippen molar-refractivity contribution in [1.82, 2.24) is 13.9 Å². The second kappa shape index (κ2) is 5.32. The van der Waals surface area contributed by atoms with Crippen molar-refractivity contribution >= 4 is 10.0 Å². The molecule has 0 bridgehead atoms. The first kappa shape index (κ1) is 15.7. The zero-order chi connectivity index (χ0) is 16.9. The minimum atomic E-state index is -3.13. The van der Waals surface area contributed by atoms with Crippen LogP contribution in [0.15, 0.2) is 30.5 Å². The summed E-state index contributed by atoms with van der Waals surface area (Å²) >= 11 is 0. The second-order valence-electron chi connectivity index (χ2n) is 6.87. The van der Waals surface area contributed by atoms with Gasteiger partial charge >= 0.3 is 0 Å². The Morgan fingerprint density at radius 2 is 2.04 bits per heavy atom. The highest BCUT2D eigenvalue weighted by atomic mass is 32.2. The number of aromatic nitrogens is 2. The molecular weight excluding hydrogens is 326 g/mol. The van der Waals surface area contributed by atoms with Crippen LogP contribution in [-0.4, -0.2) is 48.7 Å². The van der Waals surface area contributed by atoms with Gasteiger partial charge in [-0.15, -0.1) is 0 Å². The largest absolute Gasteiger partial charge is 0.496 e. The van der Waals surface area contributed by atoms with E-state index in [-0.39, 0.29) is 5.41 Å². The number of rotatable bonds is 3. The fraction of sp³-hybridized carbons (Fsp3) is 0.471. The number of para-hydroxylation sites is 1. The van der Waals surface area contributed by atoms with Crippen LogP contribution in [0.5, 0.6) is 5.75 Å². The van der Waals surface area contributed by atoms with Crippen molar-refractivity contribution < 1.29 is 13.2 Å². The fourth-order valence-corrected chi connectivity index (χ4v) is 4.91. The van der Waals surface area contributed by atoms with E-state index in [9.17, 15) is 8.42 Å². The quantitative estimate of drug-likeness (QED) is 0.849. The van der Waals surface area contributed by atoms with Crippen molar-refractivity contribution in [2.24, 2.45) is 5.41 Å². The Balaban J connectivity index is 1.67. The first-order chi connectivity index (χ1) is 11.4. The number of benzene rings is 1. The molecule has 1 atom stereocenters. The molecule has 4 rings (SSSR count). The molecule has 7 heteroatoms. The maximum Gasteiger partial charge on any atom is 0.211 e. The molecule has 2 aliphatic heterocycles. The molecule has 1 aromatic carbocycles. The summed E-state index contributed by atoms with van der Waals surface area (Å²) in [6.45, 7) is 2.00. The molecule has 24 heavy (non-hydrogen) atoms. The standard InChI is InChI=1S/C17H21N3O3S/c1-23-15-6-4-3-5-13(15)14-10-18-16-9-17(12-20(14)16)7-8-19(11-17)24(2,21)22/h3-6,10H,7-9,11-12H2,1-2H3/t17-/m1/s1. The molecule has 0 unspecified atom stereocenters. The van der Waals surface area contributed by atoms with Crippen molar-refractivity contribution in [2.45, 2.75) is 19.4 Å². The first-order valence-corrected chi connectivity index (χ1v) is 9.90. The highest BCUT2D eigenvalue weighted by molar-refractivity contribution is 7.88. The lowest BCUT2D eigenvalue weighted by Crippen LogP contribution is -2.32. The van der Waals surface area contributed by atoms with Crippen molar-refractivity contribution in [2.75, 3.05) is 26.5 Å². The van der Waals surface area contributed by atoms with Crippen LogP contribution in [0.25, 0.3) is 11.3 Å². The van der Waals surface area contributed by atoms with E-state index >= 15 is 0 Å². The van der Waals surface area contributed by atoms with E-state index in [0.29, 0.717) is 13.1 Å². The summed E-state index contributed by atoms with van der Waals surface area (Å²) in [6, 6.07) is 7.92. The van der Waals surface area contributed by atoms with E-state index in [2.05, 4.69) is 9.55 Å². The van der Waals surface area contributed by atoms with Gasteiger partial charge in [0.2, 0.25) is 10.0 Å². The van der Waals surface area contributed by atoms with Gasteiger partial charge in [0, 0.05) is 37.0 Å². The zero-order valence-corrected chi connectivity index (χ0v) is 14.7. The Morgan fingerprint density at radius 1 is 1.25 bits per heavy atom. The number of fused-ring (bicyclic) bond motifs is 1. The molecule has 0 N–H and O–H groups in total. The minimum Gasteiger partial charge on any atom is -0.496 e. The number of nitrogens with zero attached hydrogens (tertiary/aromatic N) is 3. The van der Waals surface area contributed by atoms with Crippen LogP contribution in [0.4, 0.5) is 0 Å². The molecule has 0 radical (unpaired) electrons. The van der Waals surface area contributed by atoms with Gasteiger partial charge in [-0.1, -0.05) is 12.1 Å². The number of sulfonamides is 1. The normalized spacial score (nSPS) is 23.8. The number of hydrogen-bond donors (Lipinski definition) is 0. The van der Waals surface area contributed by atoms with Crippen LogP contribution in [-0.2, 0) is 23.0 Å². The Kier molecular flexibility index (Phi) is 3.47. The fourth-order valence-electron chi connectivity index (χ4n) is 3.98. The van der Waals surface area contributed by atoms with E-state index in [1.165, 1.54) is 6.26 Å². The van der Waals surface area contributed by atoms with Gasteiger partial charge in [-0.2, -0.15) is 0 Å². The third kappa shape index (κ3) is 2.43. The van der Waals surface area contributed by atoms with Gasteiger partial charge in [-0.3, -0.25) is 0 Å². The van der Waals surface area contributed by atoms with Gasteiger partial charge in [0.15, 0.2) is 0 Å². The first-order valence-electron chi connectivity index (χ1n) is 8.05. The molecule has 0 aliphatic carbocycles. The topological polar surface area (TPSA) is 64.4 Å². The Hall–Kier alpha value is -1.86. The van der Waals surface area contributed by atoms with E-state index in [0.717, 1.165) is 42.2 Å². The predicted molar refractivity (Wildman–Crippen MR) is 91.4 cm³/mol. The van der Waals surface area contributed by atoms with E-state index < -0.39 is 10.0 Å². The molecule has 1 aromatic heterocycles. The summed E-state index contributed by atoms with van der Waals surface area (Å²) in [7, 11) is -1.46. The summed E-state index contributed by atoms with van der Waals surface area (Å²) in [5.74, 6) is 1.86. The number of imidazole rings is 1. The summed E-state index contributed by atoms with van der Waals surface area (Å²) in [5.41, 5.74) is 2.04. The highest BCUT2D eigenvalue weighted by Crippen LogP contribution is 2.44. The lowest BCUT2D eigenvalue weighted by atomic mass is 9.86. The van der Waals surface area contributed by atoms with Gasteiger partial charge in [0.05, 0.1) is 25.3 Å². The Morgan fingerprint density at radius 3 is 2.75 bits per heavy atom. The smallest absolute Gasteiger partial charge is 0.211 e. The van der Waals surface area contributed by atoms with Gasteiger partial charge in [-0.25, -0.2) is 17.7 Å². The molecule has 3 heterocycles. The van der Waals surface area contributed by atoms with Gasteiger partial charge in [0.25, 0.3) is 0 Å². The second-order valence-corrected chi connectivity index (χ2v) is 8.85. The van der Waals surface area contributed by atoms with E-state index in [1.807, 2.05) is 30.5 Å². The molecule has 0 amide bonds. The monoisotopic (exact) mass is 347 g/mol. The molecule has 128 valence electrons. The van der Waals surface area contributed by atoms with Crippen LogP contribution >= 0.6 is 0 Å². The van der Waals surface area contributed by atoms with Crippen molar-refractivity contribution in [3.05, 3.63) is 36.3 Å². The van der Waals surface area contributed by atoms with Crippen LogP contribution in [0.2, 0.25) is 0 Å². The average Bonchev–Trinajstić information content (AvgIpc) is 3.22. The zero-order valence-electron chi connectivity index (χ0n) is 13.9. The predicted octanol–water partition coefficient (Wildman–Crippen LogP) is 1.77. The minimum absolute atomic E-state index is 0.0244. The van der Waals surface area contributed by atoms with Crippen LogP contribution in [0.1, 0.15) is 12.2 Å². The van der Waals surface area contributed by atoms with Crippen molar-refractivity contribution in [3.63, 3.8) is 0 Å². The summed E-state index contributed by atoms with van der Waals surface area (Å²) < 4.78 is 33.0.